The van der Waals surface area contributed by atoms with E-state index in [9.17, 15) is 40.6 Å². The summed E-state index contributed by atoms with van der Waals surface area (Å²) in [5.41, 5.74) is -0.518. The number of nitrogens with one attached hydrogen (secondary N) is 2. The fourth-order valence-corrected chi connectivity index (χ4v) is 4.28. The molecule has 3 aromatic rings. The maximum atomic E-state index is 11.9. The molecule has 0 aliphatic heterocycles. The van der Waals surface area contributed by atoms with E-state index in [1.165, 1.54) is 31.2 Å². The predicted molar refractivity (Wildman–Crippen MR) is 121 cm³/mol. The van der Waals surface area contributed by atoms with Crippen LogP contribution in [0.4, 0.5) is 22.7 Å². The molecular weight excluding hydrogens is 550 g/mol. The molecule has 3 N–H and O–H groups in total. The van der Waals surface area contributed by atoms with E-state index in [0.717, 1.165) is 19.1 Å². The monoisotopic (exact) mass is 566 g/mol. The number of carbonyl (C=O) groups is 2. The molecule has 0 radical (unpaired) electrons. The van der Waals surface area contributed by atoms with Crippen molar-refractivity contribution in [3.8, 4) is 5.75 Å². The van der Waals surface area contributed by atoms with Crippen LogP contribution in [0.2, 0.25) is 0 Å². The number of phenols is 1. The Bertz CT molecular complexity index is 1610. The maximum absolute atomic E-state index is 11.9. The molecule has 184 valence electrons. The Hall–Kier alpha value is -1.92. The van der Waals surface area contributed by atoms with E-state index in [2.05, 4.69) is 20.9 Å². The van der Waals surface area contributed by atoms with E-state index in [0.29, 0.717) is 11.8 Å². The van der Waals surface area contributed by atoms with Gasteiger partial charge in [0, 0.05) is 24.9 Å². The molecule has 0 saturated heterocycles. The van der Waals surface area contributed by atoms with Gasteiger partial charge in [0.25, 0.3) is 0 Å². The summed E-state index contributed by atoms with van der Waals surface area (Å²) in [5.74, 6) is -1.92. The summed E-state index contributed by atoms with van der Waals surface area (Å²) in [6, 6.07) is 8.00. The molecule has 37 heavy (non-hydrogen) atoms. The Morgan fingerprint density at radius 2 is 1.41 bits per heavy atom. The van der Waals surface area contributed by atoms with Gasteiger partial charge in [0.1, 0.15) is 25.9 Å². The summed E-state index contributed by atoms with van der Waals surface area (Å²) >= 11 is 0. The van der Waals surface area contributed by atoms with Crippen molar-refractivity contribution < 1.29 is 99.8 Å². The molecule has 0 saturated carbocycles. The van der Waals surface area contributed by atoms with Crippen LogP contribution in [-0.4, -0.2) is 42.9 Å². The molecule has 2 amide bonds. The first-order valence-corrected chi connectivity index (χ1v) is 12.3. The summed E-state index contributed by atoms with van der Waals surface area (Å²) < 4.78 is 70.3. The van der Waals surface area contributed by atoms with E-state index in [1.807, 2.05) is 0 Å². The second-order valence-corrected chi connectivity index (χ2v) is 9.89. The van der Waals surface area contributed by atoms with E-state index >= 15 is 0 Å². The second-order valence-electron chi connectivity index (χ2n) is 7.16. The van der Waals surface area contributed by atoms with Crippen molar-refractivity contribution in [2.24, 2.45) is 10.2 Å². The van der Waals surface area contributed by atoms with Crippen LogP contribution in [0.15, 0.2) is 62.5 Å². The topological polar surface area (TPSA) is 218 Å². The molecule has 0 bridgehead atoms. The number of anilines is 2. The Morgan fingerprint density at radius 1 is 0.838 bits per heavy atom. The summed E-state index contributed by atoms with van der Waals surface area (Å²) in [5, 5.41) is 22.5. The van der Waals surface area contributed by atoms with Crippen molar-refractivity contribution in [3.05, 3.63) is 42.5 Å². The molecule has 0 unspecified atom stereocenters. The molecule has 0 spiro atoms. The van der Waals surface area contributed by atoms with Gasteiger partial charge < -0.3 is 24.8 Å². The van der Waals surface area contributed by atoms with Crippen molar-refractivity contribution in [1.82, 2.24) is 0 Å². The molecule has 13 nitrogen and oxygen atoms in total. The van der Waals surface area contributed by atoms with Gasteiger partial charge in [-0.05, 0) is 47.9 Å². The molecule has 3 aromatic carbocycles. The molecule has 0 atom stereocenters. The number of benzene rings is 3. The van der Waals surface area contributed by atoms with E-state index in [-0.39, 0.29) is 87.2 Å². The van der Waals surface area contributed by atoms with Gasteiger partial charge >= 0.3 is 59.1 Å². The van der Waals surface area contributed by atoms with Crippen LogP contribution in [-0.2, 0) is 29.8 Å². The molecule has 0 aromatic heterocycles. The average Bonchev–Trinajstić information content (AvgIpc) is 2.71. The Morgan fingerprint density at radius 3 is 1.89 bits per heavy atom. The fraction of sp³-hybridized carbons (Fsp3) is 0.100. The van der Waals surface area contributed by atoms with E-state index < -0.39 is 47.4 Å². The minimum Gasteiger partial charge on any atom is -0.744 e. The maximum Gasteiger partial charge on any atom is 1.00 e. The van der Waals surface area contributed by atoms with Gasteiger partial charge in [-0.15, -0.1) is 5.11 Å². The number of hydrogen-bond acceptors (Lipinski definition) is 11. The normalized spacial score (nSPS) is 11.5. The number of amides is 2. The number of nitrogens with zero attached hydrogens (tertiary/aromatic N) is 2. The minimum absolute atomic E-state index is 0. The van der Waals surface area contributed by atoms with Crippen molar-refractivity contribution in [2.45, 2.75) is 23.6 Å². The zero-order valence-electron chi connectivity index (χ0n) is 20.0. The standard InChI is InChI=1S/C20H18N4O9S2.2Na/c1-10(25)21-13-3-5-14(6-4-13)23-24-19-17(35(31,32)33)8-12-7-15(34(28,29)30)9-16(22-11(2)26)18(12)20(19)27;;/h3-9,27H,1-2H3,(H,21,25)(H,22,26)(H,28,29,30)(H,31,32,33);;/q;2*+1/p-2. The van der Waals surface area contributed by atoms with Crippen LogP contribution in [0.25, 0.3) is 10.8 Å². The van der Waals surface area contributed by atoms with Gasteiger partial charge in [0.05, 0.1) is 21.2 Å². The van der Waals surface area contributed by atoms with Crippen LogP contribution >= 0.6 is 0 Å². The number of hydrogen-bond donors (Lipinski definition) is 3. The van der Waals surface area contributed by atoms with Crippen LogP contribution in [0, 0.1) is 0 Å². The van der Waals surface area contributed by atoms with Crippen LogP contribution < -0.4 is 69.7 Å². The molecule has 0 fully saturated rings. The molecular formula is C20H16N4Na2O9S2. The zero-order chi connectivity index (χ0) is 26.1. The van der Waals surface area contributed by atoms with Gasteiger partial charge in [0.15, 0.2) is 5.75 Å². The van der Waals surface area contributed by atoms with Crippen molar-refractivity contribution in [3.63, 3.8) is 0 Å². The van der Waals surface area contributed by atoms with Gasteiger partial charge in [0.2, 0.25) is 11.8 Å². The minimum atomic E-state index is -5.28. The quantitative estimate of drug-likeness (QED) is 0.154. The van der Waals surface area contributed by atoms with E-state index in [4.69, 9.17) is 0 Å². The van der Waals surface area contributed by atoms with Gasteiger partial charge in [-0.3, -0.25) is 9.59 Å². The summed E-state index contributed by atoms with van der Waals surface area (Å²) in [6.07, 6.45) is 0. The van der Waals surface area contributed by atoms with Gasteiger partial charge in [-0.1, -0.05) is 0 Å². The van der Waals surface area contributed by atoms with Crippen molar-refractivity contribution >= 4 is 65.6 Å². The van der Waals surface area contributed by atoms with Crippen molar-refractivity contribution in [2.75, 3.05) is 10.6 Å². The number of azo groups is 1. The first kappa shape index (κ1) is 33.1. The second kappa shape index (κ2) is 12.8. The third kappa shape index (κ3) is 8.28. The number of rotatable bonds is 6. The number of phenolic OH excluding ortho intramolecular Hbond substituents is 1. The molecule has 0 aliphatic rings. The molecule has 0 aliphatic carbocycles. The first-order valence-electron chi connectivity index (χ1n) is 9.49. The van der Waals surface area contributed by atoms with E-state index in [1.54, 1.807) is 0 Å². The number of aromatic hydroxyl groups is 1. The average molecular weight is 566 g/mol. The largest absolute Gasteiger partial charge is 1.00 e. The third-order valence-corrected chi connectivity index (χ3v) is 6.11. The number of fused-ring (bicyclic) bond motifs is 1. The Labute approximate surface area is 255 Å². The SMILES string of the molecule is CC(=O)Nc1ccc(N=Nc2c(S(=O)(=O)[O-])cc3cc(S(=O)(=O)[O-])cc(NC(C)=O)c3c2O)cc1.[Na+].[Na+]. The molecule has 3 rings (SSSR count). The van der Waals surface area contributed by atoms with Gasteiger partial charge in [-0.25, -0.2) is 16.8 Å². The molecule has 17 heteroatoms. The van der Waals surface area contributed by atoms with Crippen molar-refractivity contribution in [1.29, 1.82) is 0 Å². The summed E-state index contributed by atoms with van der Waals surface area (Å²) in [7, 11) is -10.3. The smallest absolute Gasteiger partial charge is 0.744 e. The Balaban J connectivity index is 0.00000342. The predicted octanol–water partition coefficient (Wildman–Crippen LogP) is -3.31. The van der Waals surface area contributed by atoms with Gasteiger partial charge in [-0.2, -0.15) is 5.11 Å². The van der Waals surface area contributed by atoms with Crippen LogP contribution in [0.5, 0.6) is 5.75 Å². The summed E-state index contributed by atoms with van der Waals surface area (Å²) in [6.45, 7) is 2.38. The Kier molecular flexibility index (Phi) is 11.4. The van der Waals surface area contributed by atoms with Crippen LogP contribution in [0.1, 0.15) is 13.8 Å². The third-order valence-electron chi connectivity index (χ3n) is 4.45. The molecule has 0 heterocycles. The first-order chi connectivity index (χ1) is 16.2. The van der Waals surface area contributed by atoms with Crippen LogP contribution in [0.3, 0.4) is 0 Å². The summed E-state index contributed by atoms with van der Waals surface area (Å²) in [4.78, 5) is 20.8. The zero-order valence-corrected chi connectivity index (χ0v) is 25.6. The fourth-order valence-electron chi connectivity index (χ4n) is 3.10. The number of carbonyl (C=O) groups excluding carboxylic acids is 2.